The number of allylic oxidation sites excluding steroid dienone is 2. The van der Waals surface area contributed by atoms with E-state index in [9.17, 15) is 19.5 Å². The van der Waals surface area contributed by atoms with E-state index in [-0.39, 0.29) is 5.57 Å². The van der Waals surface area contributed by atoms with Crippen LogP contribution in [-0.2, 0) is 14.3 Å². The minimum absolute atomic E-state index is 0.289. The number of nitrogens with zero attached hydrogens (tertiary/aromatic N) is 1. The van der Waals surface area contributed by atoms with E-state index in [4.69, 9.17) is 4.74 Å². The van der Waals surface area contributed by atoms with Crippen molar-refractivity contribution >= 4 is 18.3 Å². The summed E-state index contributed by atoms with van der Waals surface area (Å²) in [5.74, 6) is -2.14. The van der Waals surface area contributed by atoms with Crippen molar-refractivity contribution in [3.63, 3.8) is 0 Å². The number of carbonyl (C=O) groups excluding carboxylic acids is 2. The van der Waals surface area contributed by atoms with E-state index in [1.807, 2.05) is 0 Å². The maximum absolute atomic E-state index is 12.0. The molecule has 0 heterocycles. The molecule has 1 rings (SSSR count). The summed E-state index contributed by atoms with van der Waals surface area (Å²) in [4.78, 5) is 35.6. The van der Waals surface area contributed by atoms with Gasteiger partial charge in [-0.25, -0.2) is 4.79 Å². The van der Waals surface area contributed by atoms with Crippen molar-refractivity contribution in [3.05, 3.63) is 23.8 Å². The Kier molecular flexibility index (Phi) is 5.07. The molecule has 2 unspecified atom stereocenters. The number of amides is 1. The smallest absolute Gasteiger partial charge is 0.410 e. The van der Waals surface area contributed by atoms with E-state index in [0.29, 0.717) is 19.4 Å². The Balaban J connectivity index is 3.04. The zero-order valence-corrected chi connectivity index (χ0v) is 11.8. The van der Waals surface area contributed by atoms with Crippen molar-refractivity contribution in [1.29, 1.82) is 0 Å². The number of hydrogen-bond donors (Lipinski definition) is 1. The van der Waals surface area contributed by atoms with Gasteiger partial charge in [-0.05, 0) is 26.8 Å². The first-order valence-corrected chi connectivity index (χ1v) is 6.44. The highest BCUT2D eigenvalue weighted by Gasteiger charge is 2.42. The predicted octanol–water partition coefficient (Wildman–Crippen LogP) is 1.62. The van der Waals surface area contributed by atoms with Gasteiger partial charge in [-0.2, -0.15) is 0 Å². The normalized spacial score (nSPS) is 24.8. The molecule has 6 nitrogen and oxygen atoms in total. The van der Waals surface area contributed by atoms with Crippen molar-refractivity contribution in [3.8, 4) is 0 Å². The van der Waals surface area contributed by atoms with Gasteiger partial charge < -0.3 is 14.7 Å². The van der Waals surface area contributed by atoms with Crippen LogP contribution in [0.15, 0.2) is 23.8 Å². The Morgan fingerprint density at radius 3 is 2.50 bits per heavy atom. The second-order valence-electron chi connectivity index (χ2n) is 4.66. The Hall–Kier alpha value is -2.11. The van der Waals surface area contributed by atoms with Crippen molar-refractivity contribution < 1.29 is 24.2 Å². The highest BCUT2D eigenvalue weighted by molar-refractivity contribution is 5.83. The van der Waals surface area contributed by atoms with Gasteiger partial charge >= 0.3 is 12.1 Å². The summed E-state index contributed by atoms with van der Waals surface area (Å²) >= 11 is 0. The molecule has 1 N–H and O–H groups in total. The lowest BCUT2D eigenvalue weighted by atomic mass is 9.83. The number of aldehydes is 1. The molecule has 2 atom stereocenters. The first-order chi connectivity index (χ1) is 9.37. The second-order valence-corrected chi connectivity index (χ2v) is 4.66. The molecule has 20 heavy (non-hydrogen) atoms. The number of hydrogen-bond acceptors (Lipinski definition) is 4. The zero-order valence-electron chi connectivity index (χ0n) is 11.8. The molecule has 0 radical (unpaired) electrons. The maximum atomic E-state index is 12.0. The van der Waals surface area contributed by atoms with Crippen LogP contribution in [0.4, 0.5) is 4.79 Å². The van der Waals surface area contributed by atoms with E-state index in [1.54, 1.807) is 13.8 Å². The zero-order chi connectivity index (χ0) is 15.3. The van der Waals surface area contributed by atoms with Crippen molar-refractivity contribution in [2.45, 2.75) is 26.4 Å². The van der Waals surface area contributed by atoms with Crippen LogP contribution in [0.2, 0.25) is 0 Å². The quantitative estimate of drug-likeness (QED) is 0.774. The summed E-state index contributed by atoms with van der Waals surface area (Å²) in [5, 5.41) is 9.22. The summed E-state index contributed by atoms with van der Waals surface area (Å²) in [6.45, 7) is 6.01. The predicted molar refractivity (Wildman–Crippen MR) is 72.2 cm³/mol. The van der Waals surface area contributed by atoms with E-state index < -0.39 is 23.6 Å². The maximum Gasteiger partial charge on any atom is 0.410 e. The second kappa shape index (κ2) is 6.36. The summed E-state index contributed by atoms with van der Waals surface area (Å²) in [5.41, 5.74) is -1.09. The fraction of sp³-hybridized carbons (Fsp3) is 0.500. The number of ether oxygens (including phenoxy) is 1. The number of carboxylic acids is 1. The lowest BCUT2D eigenvalue weighted by molar-refractivity contribution is -0.146. The lowest BCUT2D eigenvalue weighted by Gasteiger charge is -2.34. The molecule has 6 heteroatoms. The largest absolute Gasteiger partial charge is 0.481 e. The van der Waals surface area contributed by atoms with Crippen molar-refractivity contribution in [1.82, 2.24) is 4.90 Å². The Bertz CT molecular complexity index is 464. The molecular weight excluding hydrogens is 262 g/mol. The third-order valence-corrected chi connectivity index (χ3v) is 3.28. The minimum Gasteiger partial charge on any atom is -0.481 e. The molecule has 0 aromatic rings. The van der Waals surface area contributed by atoms with Crippen LogP contribution in [-0.4, -0.2) is 47.0 Å². The molecular formula is C14H19NO5. The molecule has 110 valence electrons. The van der Waals surface area contributed by atoms with Crippen molar-refractivity contribution in [2.24, 2.45) is 5.92 Å². The average molecular weight is 281 g/mol. The van der Waals surface area contributed by atoms with Gasteiger partial charge in [0.15, 0.2) is 0 Å². The summed E-state index contributed by atoms with van der Waals surface area (Å²) in [6, 6.07) is 0. The molecule has 0 bridgehead atoms. The monoisotopic (exact) mass is 281 g/mol. The SMILES string of the molecule is CCN(CC)C(=O)OC1(C)C=C(C=O)C=CC1C(=O)O. The van der Waals surface area contributed by atoms with Gasteiger partial charge in [-0.15, -0.1) is 0 Å². The number of rotatable bonds is 5. The van der Waals surface area contributed by atoms with Crippen LogP contribution in [0, 0.1) is 5.92 Å². The first kappa shape index (κ1) is 15.9. The number of carboxylic acid groups (broad SMARTS) is 1. The van der Waals surface area contributed by atoms with Crippen LogP contribution in [0.5, 0.6) is 0 Å². The van der Waals surface area contributed by atoms with Crippen LogP contribution in [0.3, 0.4) is 0 Å². The minimum atomic E-state index is -1.38. The van der Waals surface area contributed by atoms with Gasteiger partial charge in [0.2, 0.25) is 0 Å². The van der Waals surface area contributed by atoms with Crippen molar-refractivity contribution in [2.75, 3.05) is 13.1 Å². The molecule has 0 saturated carbocycles. The van der Waals surface area contributed by atoms with E-state index >= 15 is 0 Å². The van der Waals surface area contributed by atoms with E-state index in [2.05, 4.69) is 0 Å². The molecule has 0 aliphatic heterocycles. The first-order valence-electron chi connectivity index (χ1n) is 6.44. The van der Waals surface area contributed by atoms with Gasteiger partial charge in [0.25, 0.3) is 0 Å². The summed E-state index contributed by atoms with van der Waals surface area (Å²) in [6.07, 6.45) is 4.15. The van der Waals surface area contributed by atoms with Gasteiger partial charge in [0.1, 0.15) is 17.8 Å². The fourth-order valence-corrected chi connectivity index (χ4v) is 2.10. The van der Waals surface area contributed by atoms with Gasteiger partial charge in [-0.3, -0.25) is 9.59 Å². The molecule has 1 amide bonds. The van der Waals surface area contributed by atoms with Crippen LogP contribution in [0.25, 0.3) is 0 Å². The van der Waals surface area contributed by atoms with E-state index in [1.165, 1.54) is 30.1 Å². The van der Waals surface area contributed by atoms with Crippen LogP contribution < -0.4 is 0 Å². The van der Waals surface area contributed by atoms with Crippen LogP contribution >= 0.6 is 0 Å². The Morgan fingerprint density at radius 1 is 1.45 bits per heavy atom. The highest BCUT2D eigenvalue weighted by Crippen LogP contribution is 2.31. The molecule has 0 spiro atoms. The summed E-state index contributed by atoms with van der Waals surface area (Å²) in [7, 11) is 0. The third kappa shape index (κ3) is 3.26. The number of carbonyl (C=O) groups is 3. The molecule has 1 aliphatic rings. The Labute approximate surface area is 117 Å². The molecule has 0 aromatic carbocycles. The molecule has 0 aromatic heterocycles. The topological polar surface area (TPSA) is 83.9 Å². The molecule has 0 fully saturated rings. The summed E-state index contributed by atoms with van der Waals surface area (Å²) < 4.78 is 5.35. The van der Waals surface area contributed by atoms with Gasteiger partial charge in [0.05, 0.1) is 0 Å². The van der Waals surface area contributed by atoms with E-state index in [0.717, 1.165) is 0 Å². The molecule has 0 saturated heterocycles. The lowest BCUT2D eigenvalue weighted by Crippen LogP contribution is -2.46. The Morgan fingerprint density at radius 2 is 2.05 bits per heavy atom. The highest BCUT2D eigenvalue weighted by atomic mass is 16.6. The average Bonchev–Trinajstić information content (AvgIpc) is 2.38. The fourth-order valence-electron chi connectivity index (χ4n) is 2.10. The third-order valence-electron chi connectivity index (χ3n) is 3.28. The van der Waals surface area contributed by atoms with Gasteiger partial charge in [-0.1, -0.05) is 12.2 Å². The standard InChI is InChI=1S/C14H19NO5/c1-4-15(5-2)13(19)20-14(3)8-10(9-16)6-7-11(14)12(17)18/h6-9,11H,4-5H2,1-3H3,(H,17,18). The molecule has 1 aliphatic carbocycles. The van der Waals surface area contributed by atoms with Gasteiger partial charge in [0, 0.05) is 18.7 Å². The van der Waals surface area contributed by atoms with Crippen LogP contribution in [0.1, 0.15) is 20.8 Å². The number of aliphatic carboxylic acids is 1.